The number of carbonyl (C=O) groups is 2. The Morgan fingerprint density at radius 1 is 1.07 bits per heavy atom. The van der Waals surface area contributed by atoms with E-state index >= 15 is 0 Å². The monoisotopic (exact) mass is 383 g/mol. The van der Waals surface area contributed by atoms with Crippen molar-refractivity contribution in [3.63, 3.8) is 0 Å². The van der Waals surface area contributed by atoms with E-state index in [9.17, 15) is 9.59 Å². The number of pyridine rings is 1. The molecule has 0 atom stereocenters. The third kappa shape index (κ3) is 5.41. The molecule has 0 saturated carbocycles. The highest BCUT2D eigenvalue weighted by atomic mass is 16.6. The standard InChI is InChI=1S/C23H29NO4/c1-7-8-9-18-14-19(16-10-12-17(13-11-16)21(25)27-6)20(15(2)24-18)22(26)28-23(3,4)5/h10-14H,7-9H2,1-6H3. The zero-order valence-electron chi connectivity index (χ0n) is 17.6. The molecule has 0 unspecified atom stereocenters. The number of benzene rings is 1. The van der Waals surface area contributed by atoms with E-state index in [2.05, 4.69) is 11.9 Å². The van der Waals surface area contributed by atoms with Crippen molar-refractivity contribution in [2.24, 2.45) is 0 Å². The zero-order valence-corrected chi connectivity index (χ0v) is 17.6. The minimum atomic E-state index is -0.601. The fraction of sp³-hybridized carbons (Fsp3) is 0.435. The van der Waals surface area contributed by atoms with Gasteiger partial charge in [-0.1, -0.05) is 25.5 Å². The van der Waals surface area contributed by atoms with Crippen molar-refractivity contribution in [1.82, 2.24) is 4.98 Å². The Kier molecular flexibility index (Phi) is 6.95. The van der Waals surface area contributed by atoms with E-state index in [1.807, 2.05) is 45.9 Å². The van der Waals surface area contributed by atoms with E-state index < -0.39 is 17.5 Å². The Morgan fingerprint density at radius 2 is 1.71 bits per heavy atom. The Hall–Kier alpha value is -2.69. The summed E-state index contributed by atoms with van der Waals surface area (Å²) >= 11 is 0. The van der Waals surface area contributed by atoms with Gasteiger partial charge in [-0.15, -0.1) is 0 Å². The van der Waals surface area contributed by atoms with Gasteiger partial charge in [-0.3, -0.25) is 4.98 Å². The summed E-state index contributed by atoms with van der Waals surface area (Å²) < 4.78 is 10.4. The SMILES string of the molecule is CCCCc1cc(-c2ccc(C(=O)OC)cc2)c(C(=O)OC(C)(C)C)c(C)n1. The Labute approximate surface area is 167 Å². The van der Waals surface area contributed by atoms with Crippen LogP contribution in [0.3, 0.4) is 0 Å². The van der Waals surface area contributed by atoms with Crippen LogP contribution in [-0.4, -0.2) is 29.6 Å². The number of carbonyl (C=O) groups excluding carboxylic acids is 2. The molecule has 0 amide bonds. The topological polar surface area (TPSA) is 65.5 Å². The van der Waals surface area contributed by atoms with Crippen molar-refractivity contribution in [2.75, 3.05) is 7.11 Å². The van der Waals surface area contributed by atoms with Crippen molar-refractivity contribution in [3.8, 4) is 11.1 Å². The van der Waals surface area contributed by atoms with Gasteiger partial charge in [-0.05, 0) is 69.9 Å². The number of unbranched alkanes of at least 4 members (excludes halogenated alkanes) is 1. The first-order valence-electron chi connectivity index (χ1n) is 9.59. The third-order valence-corrected chi connectivity index (χ3v) is 4.26. The molecule has 0 spiro atoms. The molecule has 2 aromatic rings. The van der Waals surface area contributed by atoms with E-state index in [4.69, 9.17) is 9.47 Å². The highest BCUT2D eigenvalue weighted by Gasteiger charge is 2.24. The molecule has 0 N–H and O–H groups in total. The minimum Gasteiger partial charge on any atom is -0.465 e. The first-order chi connectivity index (χ1) is 13.2. The summed E-state index contributed by atoms with van der Waals surface area (Å²) in [4.78, 5) is 29.2. The van der Waals surface area contributed by atoms with Crippen LogP contribution in [0.5, 0.6) is 0 Å². The summed E-state index contributed by atoms with van der Waals surface area (Å²) in [5.41, 5.74) is 3.51. The lowest BCUT2D eigenvalue weighted by Gasteiger charge is -2.22. The van der Waals surface area contributed by atoms with Crippen LogP contribution < -0.4 is 0 Å². The number of aryl methyl sites for hydroxylation is 2. The average Bonchev–Trinajstić information content (AvgIpc) is 2.63. The first kappa shape index (κ1) is 21.6. The quantitative estimate of drug-likeness (QED) is 0.646. The van der Waals surface area contributed by atoms with Gasteiger partial charge in [0.05, 0.1) is 23.9 Å². The average molecular weight is 383 g/mol. The van der Waals surface area contributed by atoms with Crippen molar-refractivity contribution >= 4 is 11.9 Å². The summed E-state index contributed by atoms with van der Waals surface area (Å²) in [6, 6.07) is 8.98. The molecule has 0 saturated heterocycles. The van der Waals surface area contributed by atoms with Gasteiger partial charge in [-0.25, -0.2) is 9.59 Å². The number of aromatic nitrogens is 1. The van der Waals surface area contributed by atoms with Gasteiger partial charge in [0, 0.05) is 5.69 Å². The second-order valence-corrected chi connectivity index (χ2v) is 7.80. The van der Waals surface area contributed by atoms with Gasteiger partial charge in [0.2, 0.25) is 0 Å². The molecule has 0 radical (unpaired) electrons. The van der Waals surface area contributed by atoms with Gasteiger partial charge in [0.15, 0.2) is 0 Å². The highest BCUT2D eigenvalue weighted by molar-refractivity contribution is 5.99. The predicted molar refractivity (Wildman–Crippen MR) is 110 cm³/mol. The lowest BCUT2D eigenvalue weighted by Crippen LogP contribution is -2.25. The molecule has 0 aliphatic heterocycles. The molecule has 0 aliphatic carbocycles. The van der Waals surface area contributed by atoms with Crippen LogP contribution in [0, 0.1) is 6.92 Å². The van der Waals surface area contributed by atoms with Crippen molar-refractivity contribution in [3.05, 3.63) is 52.8 Å². The Bertz CT molecular complexity index is 848. The smallest absolute Gasteiger partial charge is 0.341 e. The van der Waals surface area contributed by atoms with Crippen LogP contribution in [0.4, 0.5) is 0 Å². The number of rotatable bonds is 6. The molecule has 2 rings (SSSR count). The highest BCUT2D eigenvalue weighted by Crippen LogP contribution is 2.29. The summed E-state index contributed by atoms with van der Waals surface area (Å²) in [6.07, 6.45) is 2.94. The molecule has 0 bridgehead atoms. The largest absolute Gasteiger partial charge is 0.465 e. The Morgan fingerprint density at radius 3 is 2.25 bits per heavy atom. The first-order valence-corrected chi connectivity index (χ1v) is 9.59. The minimum absolute atomic E-state index is 0.395. The van der Waals surface area contributed by atoms with Gasteiger partial charge in [0.25, 0.3) is 0 Å². The Balaban J connectivity index is 2.55. The number of methoxy groups -OCH3 is 1. The molecule has 1 aromatic carbocycles. The van der Waals surface area contributed by atoms with Crippen LogP contribution in [-0.2, 0) is 15.9 Å². The number of hydrogen-bond acceptors (Lipinski definition) is 5. The molecule has 5 nitrogen and oxygen atoms in total. The van der Waals surface area contributed by atoms with Crippen molar-refractivity contribution < 1.29 is 19.1 Å². The van der Waals surface area contributed by atoms with E-state index in [1.165, 1.54) is 7.11 Å². The predicted octanol–water partition coefficient (Wildman–Crippen LogP) is 5.14. The summed E-state index contributed by atoms with van der Waals surface area (Å²) in [5.74, 6) is -0.792. The van der Waals surface area contributed by atoms with Gasteiger partial charge in [-0.2, -0.15) is 0 Å². The zero-order chi connectivity index (χ0) is 20.9. The van der Waals surface area contributed by atoms with Crippen molar-refractivity contribution in [1.29, 1.82) is 0 Å². The molecule has 1 heterocycles. The fourth-order valence-electron chi connectivity index (χ4n) is 2.94. The summed E-state index contributed by atoms with van der Waals surface area (Å²) in [5, 5.41) is 0. The lowest BCUT2D eigenvalue weighted by molar-refractivity contribution is 0.00689. The maximum absolute atomic E-state index is 12.9. The molecule has 150 valence electrons. The van der Waals surface area contributed by atoms with Crippen molar-refractivity contribution in [2.45, 2.75) is 59.5 Å². The van der Waals surface area contributed by atoms with Gasteiger partial charge in [0.1, 0.15) is 5.60 Å². The normalized spacial score (nSPS) is 11.2. The molecular weight excluding hydrogens is 354 g/mol. The fourth-order valence-corrected chi connectivity index (χ4v) is 2.94. The van der Waals surface area contributed by atoms with E-state index in [0.29, 0.717) is 16.8 Å². The lowest BCUT2D eigenvalue weighted by atomic mass is 9.96. The molecule has 0 aliphatic rings. The van der Waals surface area contributed by atoms with E-state index in [-0.39, 0.29) is 0 Å². The molecule has 1 aromatic heterocycles. The second-order valence-electron chi connectivity index (χ2n) is 7.80. The number of hydrogen-bond donors (Lipinski definition) is 0. The molecule has 5 heteroatoms. The number of esters is 2. The van der Waals surface area contributed by atoms with Gasteiger partial charge < -0.3 is 9.47 Å². The van der Waals surface area contributed by atoms with Gasteiger partial charge >= 0.3 is 11.9 Å². The number of ether oxygens (including phenoxy) is 2. The summed E-state index contributed by atoms with van der Waals surface area (Å²) in [7, 11) is 1.35. The third-order valence-electron chi connectivity index (χ3n) is 4.26. The molecule has 0 fully saturated rings. The number of nitrogens with zero attached hydrogens (tertiary/aromatic N) is 1. The molecule has 28 heavy (non-hydrogen) atoms. The van der Waals surface area contributed by atoms with E-state index in [0.717, 1.165) is 36.1 Å². The molecular formula is C23H29NO4. The summed E-state index contributed by atoms with van der Waals surface area (Å²) in [6.45, 7) is 9.49. The van der Waals surface area contributed by atoms with Crippen LogP contribution in [0.25, 0.3) is 11.1 Å². The van der Waals surface area contributed by atoms with Crippen LogP contribution >= 0.6 is 0 Å². The van der Waals surface area contributed by atoms with Crippen LogP contribution in [0.1, 0.15) is 72.6 Å². The van der Waals surface area contributed by atoms with Crippen LogP contribution in [0.2, 0.25) is 0 Å². The van der Waals surface area contributed by atoms with E-state index in [1.54, 1.807) is 12.1 Å². The maximum atomic E-state index is 12.9. The van der Waals surface area contributed by atoms with Crippen LogP contribution in [0.15, 0.2) is 30.3 Å². The maximum Gasteiger partial charge on any atom is 0.341 e. The second kappa shape index (κ2) is 9.00.